The number of halogens is 1. The molecule has 0 aliphatic carbocycles. The fourth-order valence-corrected chi connectivity index (χ4v) is 3.57. The predicted octanol–water partition coefficient (Wildman–Crippen LogP) is 1.88. The average Bonchev–Trinajstić information content (AvgIpc) is 2.55. The van der Waals surface area contributed by atoms with Crippen LogP contribution in [0.1, 0.15) is 5.56 Å². The van der Waals surface area contributed by atoms with E-state index in [9.17, 15) is 8.42 Å². The van der Waals surface area contributed by atoms with Crippen molar-refractivity contribution in [2.24, 2.45) is 0 Å². The zero-order valence-electron chi connectivity index (χ0n) is 10.1. The summed E-state index contributed by atoms with van der Waals surface area (Å²) in [5.74, 6) is 0.821. The quantitative estimate of drug-likeness (QED) is 0.834. The Morgan fingerprint density at radius 3 is 2.28 bits per heavy atom. The molecular weight excluding hydrogens is 278 g/mol. The molecule has 0 N–H and O–H groups in total. The standard InChI is InChI=1S/C11H12ClNO4S/c1-13-8(6-12)7-4-9(16-2)10(17-3)5-11(7)18(13,14)15/h4-6H,1-3H3/b8-6-. The van der Waals surface area contributed by atoms with E-state index in [0.29, 0.717) is 22.8 Å². The van der Waals surface area contributed by atoms with Gasteiger partial charge in [-0.3, -0.25) is 4.31 Å². The number of fused-ring (bicyclic) bond motifs is 1. The van der Waals surface area contributed by atoms with Crippen LogP contribution < -0.4 is 9.47 Å². The number of hydrogen-bond donors (Lipinski definition) is 0. The van der Waals surface area contributed by atoms with Gasteiger partial charge < -0.3 is 9.47 Å². The van der Waals surface area contributed by atoms with Crippen LogP contribution in [0.4, 0.5) is 0 Å². The summed E-state index contributed by atoms with van der Waals surface area (Å²) in [6.07, 6.45) is 0. The van der Waals surface area contributed by atoms with E-state index >= 15 is 0 Å². The SMILES string of the molecule is COc1cc2c(cc1OC)S(=O)(=O)N(C)/C2=C\Cl. The lowest BCUT2D eigenvalue weighted by Crippen LogP contribution is -2.17. The number of nitrogens with zero attached hydrogens (tertiary/aromatic N) is 1. The van der Waals surface area contributed by atoms with Crippen LogP contribution in [-0.4, -0.2) is 34.0 Å². The Morgan fingerprint density at radius 1 is 1.22 bits per heavy atom. The first-order chi connectivity index (χ1) is 8.47. The van der Waals surface area contributed by atoms with E-state index < -0.39 is 10.0 Å². The molecule has 0 aromatic heterocycles. The van der Waals surface area contributed by atoms with Crippen LogP contribution in [0, 0.1) is 0 Å². The van der Waals surface area contributed by atoms with Crippen LogP contribution in [0.2, 0.25) is 0 Å². The topological polar surface area (TPSA) is 55.8 Å². The Labute approximate surface area is 111 Å². The van der Waals surface area contributed by atoms with Gasteiger partial charge in [0.05, 0.1) is 19.9 Å². The van der Waals surface area contributed by atoms with Crippen LogP contribution in [0.25, 0.3) is 5.70 Å². The van der Waals surface area contributed by atoms with E-state index in [1.165, 1.54) is 32.9 Å². The van der Waals surface area contributed by atoms with Crippen molar-refractivity contribution in [3.05, 3.63) is 23.2 Å². The number of methoxy groups -OCH3 is 2. The summed E-state index contributed by atoms with van der Waals surface area (Å²) in [7, 11) is 0.829. The van der Waals surface area contributed by atoms with E-state index in [1.54, 1.807) is 6.07 Å². The minimum atomic E-state index is -3.56. The first kappa shape index (κ1) is 13.0. The highest BCUT2D eigenvalue weighted by Gasteiger charge is 2.36. The van der Waals surface area contributed by atoms with Gasteiger partial charge in [0.2, 0.25) is 0 Å². The summed E-state index contributed by atoms with van der Waals surface area (Å²) in [4.78, 5) is 0.162. The summed E-state index contributed by atoms with van der Waals surface area (Å²) in [5, 5.41) is 0. The van der Waals surface area contributed by atoms with Crippen molar-refractivity contribution in [1.29, 1.82) is 0 Å². The zero-order chi connectivity index (χ0) is 13.5. The molecule has 0 bridgehead atoms. The van der Waals surface area contributed by atoms with Crippen molar-refractivity contribution < 1.29 is 17.9 Å². The lowest BCUT2D eigenvalue weighted by molar-refractivity contribution is 0.354. The molecule has 7 heteroatoms. The Bertz CT molecular complexity index is 624. The number of rotatable bonds is 2. The molecule has 98 valence electrons. The van der Waals surface area contributed by atoms with Crippen LogP contribution in [0.15, 0.2) is 22.6 Å². The molecule has 0 radical (unpaired) electrons. The number of benzene rings is 1. The van der Waals surface area contributed by atoms with E-state index in [2.05, 4.69) is 0 Å². The van der Waals surface area contributed by atoms with Crippen LogP contribution >= 0.6 is 11.6 Å². The van der Waals surface area contributed by atoms with Gasteiger partial charge >= 0.3 is 0 Å². The first-order valence-corrected chi connectivity index (χ1v) is 6.90. The Hall–Kier alpha value is -1.40. The highest BCUT2D eigenvalue weighted by Crippen LogP contribution is 2.43. The molecule has 0 saturated carbocycles. The minimum Gasteiger partial charge on any atom is -0.493 e. The molecule has 0 unspecified atom stereocenters. The smallest absolute Gasteiger partial charge is 0.264 e. The highest BCUT2D eigenvalue weighted by molar-refractivity contribution is 7.90. The molecule has 0 saturated heterocycles. The highest BCUT2D eigenvalue weighted by atomic mass is 35.5. The molecule has 1 aromatic carbocycles. The van der Waals surface area contributed by atoms with E-state index in [1.807, 2.05) is 0 Å². The number of sulfonamides is 1. The van der Waals surface area contributed by atoms with Gasteiger partial charge in [-0.05, 0) is 6.07 Å². The molecule has 1 heterocycles. The van der Waals surface area contributed by atoms with Gasteiger partial charge in [-0.1, -0.05) is 11.6 Å². The van der Waals surface area contributed by atoms with Crippen molar-refractivity contribution in [3.8, 4) is 11.5 Å². The second kappa shape index (κ2) is 4.37. The summed E-state index contributed by atoms with van der Waals surface area (Å²) in [6.45, 7) is 0. The molecule has 1 aliphatic rings. The molecule has 0 atom stereocenters. The van der Waals surface area contributed by atoms with Crippen molar-refractivity contribution in [2.75, 3.05) is 21.3 Å². The summed E-state index contributed by atoms with van der Waals surface area (Å²) in [6, 6.07) is 3.04. The summed E-state index contributed by atoms with van der Waals surface area (Å²) < 4.78 is 35.7. The molecule has 1 aliphatic heterocycles. The van der Waals surface area contributed by atoms with Gasteiger partial charge in [-0.15, -0.1) is 0 Å². The monoisotopic (exact) mass is 289 g/mol. The summed E-state index contributed by atoms with van der Waals surface area (Å²) in [5.41, 5.74) is 2.15. The molecule has 18 heavy (non-hydrogen) atoms. The molecule has 1 aromatic rings. The Morgan fingerprint density at radius 2 is 1.78 bits per heavy atom. The van der Waals surface area contributed by atoms with Crippen LogP contribution in [-0.2, 0) is 10.0 Å². The Kier molecular flexibility index (Phi) is 3.16. The Balaban J connectivity index is 2.80. The van der Waals surface area contributed by atoms with Crippen molar-refractivity contribution in [3.63, 3.8) is 0 Å². The van der Waals surface area contributed by atoms with E-state index in [-0.39, 0.29) is 4.90 Å². The molecule has 0 fully saturated rings. The maximum atomic E-state index is 12.2. The maximum Gasteiger partial charge on any atom is 0.264 e. The zero-order valence-corrected chi connectivity index (χ0v) is 11.7. The fourth-order valence-electron chi connectivity index (χ4n) is 1.85. The van der Waals surface area contributed by atoms with Crippen LogP contribution in [0.3, 0.4) is 0 Å². The molecule has 2 rings (SSSR count). The summed E-state index contributed by atoms with van der Waals surface area (Å²) >= 11 is 5.69. The largest absolute Gasteiger partial charge is 0.493 e. The number of ether oxygens (including phenoxy) is 2. The van der Waals surface area contributed by atoms with Gasteiger partial charge in [-0.2, -0.15) is 0 Å². The molecule has 0 spiro atoms. The van der Waals surface area contributed by atoms with Crippen molar-refractivity contribution in [1.82, 2.24) is 4.31 Å². The fraction of sp³-hybridized carbons (Fsp3) is 0.273. The lowest BCUT2D eigenvalue weighted by Gasteiger charge is -2.10. The third kappa shape index (κ3) is 1.64. The first-order valence-electron chi connectivity index (χ1n) is 5.03. The predicted molar refractivity (Wildman–Crippen MR) is 68.3 cm³/mol. The molecule has 0 amide bonds. The van der Waals surface area contributed by atoms with Gasteiger partial charge in [0.25, 0.3) is 10.0 Å². The third-order valence-corrected chi connectivity index (χ3v) is 4.86. The molecule has 5 nitrogen and oxygen atoms in total. The van der Waals surface area contributed by atoms with Crippen molar-refractivity contribution >= 4 is 27.3 Å². The third-order valence-electron chi connectivity index (χ3n) is 2.84. The van der Waals surface area contributed by atoms with Gasteiger partial charge in [0.1, 0.15) is 4.90 Å². The maximum absolute atomic E-state index is 12.2. The van der Waals surface area contributed by atoms with Gasteiger partial charge in [-0.25, -0.2) is 8.42 Å². The van der Waals surface area contributed by atoms with E-state index in [0.717, 1.165) is 4.31 Å². The second-order valence-corrected chi connectivity index (χ2v) is 5.83. The van der Waals surface area contributed by atoms with Crippen molar-refractivity contribution in [2.45, 2.75) is 4.90 Å². The normalized spacial score (nSPS) is 18.9. The van der Waals surface area contributed by atoms with Crippen LogP contribution in [0.5, 0.6) is 11.5 Å². The minimum absolute atomic E-state index is 0.162. The van der Waals surface area contributed by atoms with E-state index in [4.69, 9.17) is 21.1 Å². The average molecular weight is 290 g/mol. The second-order valence-electron chi connectivity index (χ2n) is 3.67. The van der Waals surface area contributed by atoms with Gasteiger partial charge in [0, 0.05) is 24.2 Å². The lowest BCUT2D eigenvalue weighted by atomic mass is 10.1. The van der Waals surface area contributed by atoms with Gasteiger partial charge in [0.15, 0.2) is 11.5 Å². The molecular formula is C11H12ClNO4S. The number of hydrogen-bond acceptors (Lipinski definition) is 4.